The molecule has 1 heterocycles. The summed E-state index contributed by atoms with van der Waals surface area (Å²) in [5.41, 5.74) is 0.780. The number of aryl methyl sites for hydroxylation is 1. The summed E-state index contributed by atoms with van der Waals surface area (Å²) in [4.78, 5) is 37.4. The number of amides is 3. The first-order valence-corrected chi connectivity index (χ1v) is 8.61. The zero-order chi connectivity index (χ0) is 19.1. The van der Waals surface area contributed by atoms with Gasteiger partial charge in [0.25, 0.3) is 0 Å². The number of hydrogen-bond donors (Lipinski definition) is 2. The molecule has 8 heteroatoms. The van der Waals surface area contributed by atoms with Crippen LogP contribution in [0.25, 0.3) is 0 Å². The Balaban J connectivity index is 1.82. The summed E-state index contributed by atoms with van der Waals surface area (Å²) in [6, 6.07) is 4.16. The lowest BCUT2D eigenvalue weighted by atomic mass is 10.0. The molecule has 142 valence electrons. The third-order valence-electron chi connectivity index (χ3n) is 4.35. The molecule has 0 unspecified atom stereocenters. The number of nitrogens with one attached hydrogen (secondary N) is 2. The summed E-state index contributed by atoms with van der Waals surface area (Å²) in [7, 11) is 1.46. The van der Waals surface area contributed by atoms with Gasteiger partial charge in [-0.2, -0.15) is 0 Å². The molecular weight excluding hydrogens is 341 g/mol. The Kier molecular flexibility index (Phi) is 7.08. The highest BCUT2D eigenvalue weighted by atomic mass is 19.1. The Morgan fingerprint density at radius 2 is 1.92 bits per heavy atom. The van der Waals surface area contributed by atoms with E-state index in [-0.39, 0.29) is 24.2 Å². The Labute approximate surface area is 151 Å². The van der Waals surface area contributed by atoms with Gasteiger partial charge >= 0.3 is 11.8 Å². The molecule has 0 atom stereocenters. The third kappa shape index (κ3) is 5.26. The van der Waals surface area contributed by atoms with E-state index < -0.39 is 17.6 Å². The van der Waals surface area contributed by atoms with E-state index in [4.69, 9.17) is 4.74 Å². The molecular formula is C18H24FN3O4. The van der Waals surface area contributed by atoms with Crippen LogP contribution in [-0.4, -0.2) is 55.5 Å². The predicted octanol–water partition coefficient (Wildman–Crippen LogP) is 1.08. The van der Waals surface area contributed by atoms with Gasteiger partial charge in [-0.25, -0.2) is 4.39 Å². The number of carbonyl (C=O) groups excluding carboxylic acids is 3. The van der Waals surface area contributed by atoms with Crippen molar-refractivity contribution >= 4 is 23.4 Å². The average molecular weight is 365 g/mol. The summed E-state index contributed by atoms with van der Waals surface area (Å²) in [5.74, 6) is -2.12. The smallest absolute Gasteiger partial charge is 0.313 e. The zero-order valence-electron chi connectivity index (χ0n) is 15.0. The lowest BCUT2D eigenvalue weighted by Gasteiger charge is -2.32. The Morgan fingerprint density at radius 1 is 1.23 bits per heavy atom. The van der Waals surface area contributed by atoms with Crippen LogP contribution in [0.2, 0.25) is 0 Å². The molecule has 1 fully saturated rings. The van der Waals surface area contributed by atoms with E-state index in [1.165, 1.54) is 13.2 Å². The van der Waals surface area contributed by atoms with Gasteiger partial charge in [0.2, 0.25) is 5.91 Å². The number of nitrogens with zero attached hydrogens (tertiary/aromatic N) is 1. The van der Waals surface area contributed by atoms with Crippen LogP contribution in [0.5, 0.6) is 0 Å². The van der Waals surface area contributed by atoms with Crippen molar-refractivity contribution in [3.63, 3.8) is 0 Å². The Morgan fingerprint density at radius 3 is 2.50 bits per heavy atom. The molecule has 1 saturated heterocycles. The number of methoxy groups -OCH3 is 1. The van der Waals surface area contributed by atoms with Crippen LogP contribution in [0.3, 0.4) is 0 Å². The van der Waals surface area contributed by atoms with E-state index in [0.717, 1.165) is 0 Å². The monoisotopic (exact) mass is 365 g/mol. The molecule has 1 aliphatic rings. The lowest BCUT2D eigenvalue weighted by molar-refractivity contribution is -0.138. The van der Waals surface area contributed by atoms with Crippen molar-refractivity contribution in [1.29, 1.82) is 0 Å². The van der Waals surface area contributed by atoms with E-state index >= 15 is 0 Å². The van der Waals surface area contributed by atoms with E-state index in [9.17, 15) is 18.8 Å². The fourth-order valence-electron chi connectivity index (χ4n) is 2.84. The molecule has 2 N–H and O–H groups in total. The normalized spacial score (nSPS) is 14.8. The number of carbonyl (C=O) groups is 3. The molecule has 1 aliphatic heterocycles. The largest absolute Gasteiger partial charge is 0.375 e. The Bertz CT molecular complexity index is 672. The van der Waals surface area contributed by atoms with Crippen molar-refractivity contribution in [2.75, 3.05) is 32.1 Å². The summed E-state index contributed by atoms with van der Waals surface area (Å²) < 4.78 is 18.6. The highest BCUT2D eigenvalue weighted by molar-refractivity contribution is 6.39. The fraction of sp³-hybridized carbons (Fsp3) is 0.500. The first-order valence-electron chi connectivity index (χ1n) is 8.61. The van der Waals surface area contributed by atoms with E-state index in [1.807, 2.05) is 6.92 Å². The number of hydrogen-bond acceptors (Lipinski definition) is 4. The molecule has 0 bridgehead atoms. The molecule has 0 aromatic heterocycles. The SMILES string of the molecule is CCc1ccc(NC(=O)C(=O)NC2CCN(C(=O)COC)CC2)cc1F. The average Bonchev–Trinajstić information content (AvgIpc) is 2.62. The molecule has 0 radical (unpaired) electrons. The second-order valence-corrected chi connectivity index (χ2v) is 6.18. The minimum atomic E-state index is -0.841. The van der Waals surface area contributed by atoms with Crippen molar-refractivity contribution in [2.24, 2.45) is 0 Å². The standard InChI is InChI=1S/C18H24FN3O4/c1-3-12-4-5-14(10-15(12)19)21-18(25)17(24)20-13-6-8-22(9-7-13)16(23)11-26-2/h4-5,10,13H,3,6-9,11H2,1-2H3,(H,20,24)(H,21,25). The molecule has 0 spiro atoms. The summed E-state index contributed by atoms with van der Waals surface area (Å²) in [6.07, 6.45) is 1.68. The number of rotatable bonds is 5. The molecule has 26 heavy (non-hydrogen) atoms. The van der Waals surface area contributed by atoms with Gasteiger partial charge in [0.1, 0.15) is 12.4 Å². The highest BCUT2D eigenvalue weighted by Gasteiger charge is 2.25. The zero-order valence-corrected chi connectivity index (χ0v) is 15.0. The third-order valence-corrected chi connectivity index (χ3v) is 4.35. The molecule has 0 aliphatic carbocycles. The van der Waals surface area contributed by atoms with E-state index in [2.05, 4.69) is 10.6 Å². The maximum Gasteiger partial charge on any atom is 0.313 e. The van der Waals surface area contributed by atoms with Gasteiger partial charge in [-0.1, -0.05) is 13.0 Å². The van der Waals surface area contributed by atoms with Crippen molar-refractivity contribution in [1.82, 2.24) is 10.2 Å². The van der Waals surface area contributed by atoms with Gasteiger partial charge in [0.05, 0.1) is 0 Å². The predicted molar refractivity (Wildman–Crippen MR) is 94.0 cm³/mol. The van der Waals surface area contributed by atoms with E-state index in [1.54, 1.807) is 17.0 Å². The fourth-order valence-corrected chi connectivity index (χ4v) is 2.84. The van der Waals surface area contributed by atoms with Gasteiger partial charge in [-0.05, 0) is 37.0 Å². The van der Waals surface area contributed by atoms with Crippen molar-refractivity contribution in [2.45, 2.75) is 32.2 Å². The second-order valence-electron chi connectivity index (χ2n) is 6.18. The minimum absolute atomic E-state index is 0.0345. The lowest BCUT2D eigenvalue weighted by Crippen LogP contribution is -2.49. The van der Waals surface area contributed by atoms with Gasteiger partial charge in [-0.3, -0.25) is 14.4 Å². The van der Waals surface area contributed by atoms with Gasteiger partial charge in [-0.15, -0.1) is 0 Å². The molecule has 1 aromatic carbocycles. The van der Waals surface area contributed by atoms with Gasteiger partial charge < -0.3 is 20.3 Å². The first-order chi connectivity index (χ1) is 12.4. The number of likely N-dealkylation sites (tertiary alicyclic amines) is 1. The second kappa shape index (κ2) is 9.28. The number of halogens is 1. The maximum atomic E-state index is 13.7. The van der Waals surface area contributed by atoms with Crippen LogP contribution in [0.4, 0.5) is 10.1 Å². The van der Waals surface area contributed by atoms with Crippen LogP contribution >= 0.6 is 0 Å². The topological polar surface area (TPSA) is 87.7 Å². The van der Waals surface area contributed by atoms with Crippen LogP contribution < -0.4 is 10.6 Å². The van der Waals surface area contributed by atoms with Crippen molar-refractivity contribution < 1.29 is 23.5 Å². The summed E-state index contributed by atoms with van der Waals surface area (Å²) in [5, 5.41) is 5.05. The molecule has 0 saturated carbocycles. The quantitative estimate of drug-likeness (QED) is 0.765. The van der Waals surface area contributed by atoms with Gasteiger partial charge in [0, 0.05) is 31.9 Å². The maximum absolute atomic E-state index is 13.7. The molecule has 2 rings (SSSR count). The van der Waals surface area contributed by atoms with Crippen molar-refractivity contribution in [3.8, 4) is 0 Å². The summed E-state index contributed by atoms with van der Waals surface area (Å²) >= 11 is 0. The van der Waals surface area contributed by atoms with Crippen LogP contribution in [0.15, 0.2) is 18.2 Å². The molecule has 1 aromatic rings. The van der Waals surface area contributed by atoms with Crippen LogP contribution in [-0.2, 0) is 25.5 Å². The van der Waals surface area contributed by atoms with E-state index in [0.29, 0.717) is 37.9 Å². The Hall–Kier alpha value is -2.48. The summed E-state index contributed by atoms with van der Waals surface area (Å²) in [6.45, 7) is 2.86. The highest BCUT2D eigenvalue weighted by Crippen LogP contribution is 2.15. The van der Waals surface area contributed by atoms with Gasteiger partial charge in [0.15, 0.2) is 0 Å². The molecule has 3 amide bonds. The number of piperidine rings is 1. The molecule has 7 nitrogen and oxygen atoms in total. The number of ether oxygens (including phenoxy) is 1. The number of benzene rings is 1. The minimum Gasteiger partial charge on any atom is -0.375 e. The van der Waals surface area contributed by atoms with Crippen molar-refractivity contribution in [3.05, 3.63) is 29.6 Å². The first kappa shape index (κ1) is 19.8. The van der Waals surface area contributed by atoms with Crippen LogP contribution in [0.1, 0.15) is 25.3 Å². The van der Waals surface area contributed by atoms with Crippen LogP contribution in [0, 0.1) is 5.82 Å². The number of anilines is 1.